The highest BCUT2D eigenvalue weighted by atomic mass is 16.3. The van der Waals surface area contributed by atoms with Crippen LogP contribution in [0.15, 0.2) is 30.5 Å². The smallest absolute Gasteiger partial charge is 0.141 e. The zero-order valence-corrected chi connectivity index (χ0v) is 7.07. The quantitative estimate of drug-likeness (QED) is 0.687. The highest BCUT2D eigenvalue weighted by Crippen LogP contribution is 2.24. The van der Waals surface area contributed by atoms with Crippen LogP contribution in [-0.2, 0) is 6.54 Å². The molecular weight excluding hydrogens is 164 g/mol. The molecule has 0 aliphatic carbocycles. The van der Waals surface area contributed by atoms with Crippen LogP contribution in [0.3, 0.4) is 0 Å². The molecule has 3 nitrogen and oxygen atoms in total. The number of rotatable bonds is 1. The number of aromatic nitrogens is 1. The molecule has 0 saturated carbocycles. The summed E-state index contributed by atoms with van der Waals surface area (Å²) in [6, 6.07) is 7.18. The van der Waals surface area contributed by atoms with Gasteiger partial charge in [0, 0.05) is 18.1 Å². The van der Waals surface area contributed by atoms with Gasteiger partial charge in [0.1, 0.15) is 11.3 Å². The topological polar surface area (TPSA) is 59.1 Å². The Morgan fingerprint density at radius 3 is 2.92 bits per heavy atom. The highest BCUT2D eigenvalue weighted by molar-refractivity contribution is 5.87. The number of hydrogen-bond acceptors (Lipinski definition) is 3. The number of nitrogens with two attached hydrogens (primary N) is 1. The molecule has 0 spiro atoms. The van der Waals surface area contributed by atoms with Gasteiger partial charge in [0.15, 0.2) is 0 Å². The molecular formula is C10H10N2O. The molecule has 13 heavy (non-hydrogen) atoms. The molecule has 0 atom stereocenters. The number of aromatic hydroxyl groups is 1. The van der Waals surface area contributed by atoms with Crippen LogP contribution in [-0.4, -0.2) is 10.1 Å². The van der Waals surface area contributed by atoms with E-state index in [9.17, 15) is 5.11 Å². The van der Waals surface area contributed by atoms with Crippen molar-refractivity contribution in [3.05, 3.63) is 36.0 Å². The number of phenols is 1. The molecule has 1 heterocycles. The fourth-order valence-electron chi connectivity index (χ4n) is 1.39. The van der Waals surface area contributed by atoms with E-state index in [1.165, 1.54) is 0 Å². The first-order valence-electron chi connectivity index (χ1n) is 4.08. The predicted octanol–water partition coefficient (Wildman–Crippen LogP) is 1.40. The maximum Gasteiger partial charge on any atom is 0.141 e. The van der Waals surface area contributed by atoms with Crippen molar-refractivity contribution in [2.24, 2.45) is 5.73 Å². The Morgan fingerprint density at radius 1 is 1.31 bits per heavy atom. The van der Waals surface area contributed by atoms with Gasteiger partial charge in [-0.3, -0.25) is 4.98 Å². The van der Waals surface area contributed by atoms with E-state index in [1.54, 1.807) is 12.3 Å². The first kappa shape index (κ1) is 8.01. The third-order valence-corrected chi connectivity index (χ3v) is 2.06. The van der Waals surface area contributed by atoms with E-state index in [0.717, 1.165) is 10.9 Å². The Labute approximate surface area is 75.8 Å². The van der Waals surface area contributed by atoms with Gasteiger partial charge in [-0.2, -0.15) is 0 Å². The van der Waals surface area contributed by atoms with E-state index in [1.807, 2.05) is 18.2 Å². The van der Waals surface area contributed by atoms with Crippen LogP contribution >= 0.6 is 0 Å². The SMILES string of the molecule is NCc1ccc(O)c2ncccc12. The van der Waals surface area contributed by atoms with Crippen molar-refractivity contribution in [3.8, 4) is 5.75 Å². The normalized spacial score (nSPS) is 10.5. The van der Waals surface area contributed by atoms with Crippen LogP contribution < -0.4 is 5.73 Å². The van der Waals surface area contributed by atoms with Gasteiger partial charge < -0.3 is 10.8 Å². The summed E-state index contributed by atoms with van der Waals surface area (Å²) in [5.74, 6) is 0.202. The summed E-state index contributed by atoms with van der Waals surface area (Å²) in [6.45, 7) is 0.461. The Hall–Kier alpha value is -1.61. The van der Waals surface area contributed by atoms with Crippen LogP contribution in [0.1, 0.15) is 5.56 Å². The Bertz CT molecular complexity index is 440. The van der Waals surface area contributed by atoms with E-state index >= 15 is 0 Å². The van der Waals surface area contributed by atoms with Crippen molar-refractivity contribution in [2.45, 2.75) is 6.54 Å². The van der Waals surface area contributed by atoms with Gasteiger partial charge in [0.2, 0.25) is 0 Å². The molecule has 0 aliphatic rings. The summed E-state index contributed by atoms with van der Waals surface area (Å²) in [5, 5.41) is 10.4. The van der Waals surface area contributed by atoms with Crippen molar-refractivity contribution in [3.63, 3.8) is 0 Å². The predicted molar refractivity (Wildman–Crippen MR) is 51.3 cm³/mol. The molecule has 1 aromatic carbocycles. The van der Waals surface area contributed by atoms with Gasteiger partial charge in [-0.25, -0.2) is 0 Å². The molecule has 66 valence electrons. The molecule has 2 rings (SSSR count). The lowest BCUT2D eigenvalue weighted by Gasteiger charge is -2.04. The summed E-state index contributed by atoms with van der Waals surface area (Å²) in [6.07, 6.45) is 1.66. The molecule has 0 radical (unpaired) electrons. The maximum absolute atomic E-state index is 9.49. The molecule has 0 unspecified atom stereocenters. The summed E-state index contributed by atoms with van der Waals surface area (Å²) in [7, 11) is 0. The van der Waals surface area contributed by atoms with Crippen molar-refractivity contribution in [2.75, 3.05) is 0 Å². The summed E-state index contributed by atoms with van der Waals surface area (Å²) >= 11 is 0. The Balaban J connectivity index is 2.84. The van der Waals surface area contributed by atoms with E-state index in [4.69, 9.17) is 5.73 Å². The first-order valence-corrected chi connectivity index (χ1v) is 4.08. The molecule has 0 saturated heterocycles. The molecule has 0 bridgehead atoms. The molecule has 3 heteroatoms. The highest BCUT2D eigenvalue weighted by Gasteiger charge is 2.03. The van der Waals surface area contributed by atoms with Gasteiger partial charge in [0.25, 0.3) is 0 Å². The van der Waals surface area contributed by atoms with Crippen LogP contribution in [0, 0.1) is 0 Å². The molecule has 0 fully saturated rings. The van der Waals surface area contributed by atoms with E-state index in [-0.39, 0.29) is 5.75 Å². The number of nitrogens with zero attached hydrogens (tertiary/aromatic N) is 1. The number of hydrogen-bond donors (Lipinski definition) is 2. The second kappa shape index (κ2) is 3.03. The van der Waals surface area contributed by atoms with Crippen molar-refractivity contribution < 1.29 is 5.11 Å². The largest absolute Gasteiger partial charge is 0.506 e. The number of benzene rings is 1. The number of fused-ring (bicyclic) bond motifs is 1. The third kappa shape index (κ3) is 1.23. The zero-order chi connectivity index (χ0) is 9.26. The lowest BCUT2D eigenvalue weighted by molar-refractivity contribution is 0.480. The lowest BCUT2D eigenvalue weighted by atomic mass is 10.1. The third-order valence-electron chi connectivity index (χ3n) is 2.06. The first-order chi connectivity index (χ1) is 6.33. The Kier molecular flexibility index (Phi) is 1.87. The summed E-state index contributed by atoms with van der Waals surface area (Å²) in [5.41, 5.74) is 7.17. The Morgan fingerprint density at radius 2 is 2.15 bits per heavy atom. The monoisotopic (exact) mass is 174 g/mol. The minimum Gasteiger partial charge on any atom is -0.506 e. The standard InChI is InChI=1S/C10H10N2O/c11-6-7-3-4-9(13)10-8(7)2-1-5-12-10/h1-5,13H,6,11H2. The van der Waals surface area contributed by atoms with E-state index < -0.39 is 0 Å². The minimum atomic E-state index is 0.202. The van der Waals surface area contributed by atoms with Gasteiger partial charge in [0.05, 0.1) is 0 Å². The fourth-order valence-corrected chi connectivity index (χ4v) is 1.39. The minimum absolute atomic E-state index is 0.202. The molecule has 0 aliphatic heterocycles. The number of pyridine rings is 1. The molecule has 1 aromatic heterocycles. The van der Waals surface area contributed by atoms with Crippen LogP contribution in [0.5, 0.6) is 5.75 Å². The van der Waals surface area contributed by atoms with Gasteiger partial charge in [-0.15, -0.1) is 0 Å². The molecule has 2 aromatic rings. The lowest BCUT2D eigenvalue weighted by Crippen LogP contribution is -1.97. The van der Waals surface area contributed by atoms with E-state index in [0.29, 0.717) is 12.1 Å². The van der Waals surface area contributed by atoms with Crippen LogP contribution in [0.25, 0.3) is 10.9 Å². The molecule has 3 N–H and O–H groups in total. The van der Waals surface area contributed by atoms with Crippen molar-refractivity contribution in [1.29, 1.82) is 0 Å². The maximum atomic E-state index is 9.49. The second-order valence-corrected chi connectivity index (χ2v) is 2.85. The van der Waals surface area contributed by atoms with Crippen molar-refractivity contribution >= 4 is 10.9 Å². The fraction of sp³-hybridized carbons (Fsp3) is 0.100. The summed E-state index contributed by atoms with van der Waals surface area (Å²) < 4.78 is 0. The van der Waals surface area contributed by atoms with Crippen molar-refractivity contribution in [1.82, 2.24) is 4.98 Å². The average Bonchev–Trinajstić information content (AvgIpc) is 2.19. The summed E-state index contributed by atoms with van der Waals surface area (Å²) in [4.78, 5) is 4.08. The van der Waals surface area contributed by atoms with Crippen LogP contribution in [0.2, 0.25) is 0 Å². The van der Waals surface area contributed by atoms with Crippen LogP contribution in [0.4, 0.5) is 0 Å². The zero-order valence-electron chi connectivity index (χ0n) is 7.07. The van der Waals surface area contributed by atoms with E-state index in [2.05, 4.69) is 4.98 Å². The molecule has 0 amide bonds. The second-order valence-electron chi connectivity index (χ2n) is 2.85. The van der Waals surface area contributed by atoms with Gasteiger partial charge >= 0.3 is 0 Å². The number of phenolic OH excluding ortho intramolecular Hbond substituents is 1. The van der Waals surface area contributed by atoms with Gasteiger partial charge in [-0.1, -0.05) is 12.1 Å². The average molecular weight is 174 g/mol. The van der Waals surface area contributed by atoms with Gasteiger partial charge in [-0.05, 0) is 17.7 Å².